The van der Waals surface area contributed by atoms with Crippen LogP contribution in [0.25, 0.3) is 0 Å². The van der Waals surface area contributed by atoms with E-state index in [1.54, 1.807) is 0 Å². The van der Waals surface area contributed by atoms with E-state index >= 15 is 0 Å². The first kappa shape index (κ1) is 13.8. The van der Waals surface area contributed by atoms with Crippen molar-refractivity contribution in [3.63, 3.8) is 0 Å². The van der Waals surface area contributed by atoms with Crippen LogP contribution in [0.15, 0.2) is 11.1 Å². The third-order valence-electron chi connectivity index (χ3n) is 2.64. The Hall–Kier alpha value is -1.63. The second-order valence-corrected chi connectivity index (χ2v) is 4.02. The first-order chi connectivity index (χ1) is 8.71. The summed E-state index contributed by atoms with van der Waals surface area (Å²) in [5, 5.41) is 46.1. The van der Waals surface area contributed by atoms with Gasteiger partial charge in [0.2, 0.25) is 5.95 Å². The Morgan fingerprint density at radius 2 is 1.95 bits per heavy atom. The summed E-state index contributed by atoms with van der Waals surface area (Å²) in [5.74, 6) is -3.68. The SMILES string of the molecule is Nc1ncn([C@@H]2O[C@H](C(O)(O)O)[C@@H](O)[C@H]2O)c(=O)n1. The van der Waals surface area contributed by atoms with Crippen molar-refractivity contribution in [2.45, 2.75) is 30.5 Å². The third-order valence-corrected chi connectivity index (χ3v) is 2.64. The van der Waals surface area contributed by atoms with Crippen molar-refractivity contribution in [3.05, 3.63) is 16.8 Å². The zero-order valence-electron chi connectivity index (χ0n) is 9.36. The Labute approximate surface area is 105 Å². The number of hydrogen-bond acceptors (Lipinski definition) is 10. The van der Waals surface area contributed by atoms with Crippen LogP contribution < -0.4 is 11.4 Å². The molecule has 0 aromatic carbocycles. The Balaban J connectivity index is 2.34. The van der Waals surface area contributed by atoms with Gasteiger partial charge in [0.25, 0.3) is 0 Å². The molecule has 2 rings (SSSR count). The fourth-order valence-electron chi connectivity index (χ4n) is 1.74. The van der Waals surface area contributed by atoms with Crippen molar-refractivity contribution in [1.29, 1.82) is 0 Å². The van der Waals surface area contributed by atoms with E-state index in [1.165, 1.54) is 0 Å². The van der Waals surface area contributed by atoms with Gasteiger partial charge >= 0.3 is 11.7 Å². The van der Waals surface area contributed by atoms with Gasteiger partial charge in [-0.2, -0.15) is 4.98 Å². The fourth-order valence-corrected chi connectivity index (χ4v) is 1.74. The molecule has 1 aromatic rings. The lowest BCUT2D eigenvalue weighted by molar-refractivity contribution is -0.368. The summed E-state index contributed by atoms with van der Waals surface area (Å²) in [6.45, 7) is 0. The average molecular weight is 276 g/mol. The molecule has 1 aliphatic rings. The van der Waals surface area contributed by atoms with Crippen molar-refractivity contribution in [2.24, 2.45) is 0 Å². The number of rotatable bonds is 2. The number of hydrogen-bond donors (Lipinski definition) is 6. The van der Waals surface area contributed by atoms with Crippen molar-refractivity contribution < 1.29 is 30.3 Å². The summed E-state index contributed by atoms with van der Waals surface area (Å²) in [6, 6.07) is 0. The summed E-state index contributed by atoms with van der Waals surface area (Å²) < 4.78 is 5.54. The number of nitrogens with two attached hydrogens (primary N) is 1. The third kappa shape index (κ3) is 2.42. The minimum absolute atomic E-state index is 0.299. The van der Waals surface area contributed by atoms with E-state index in [4.69, 9.17) is 25.8 Å². The number of aromatic nitrogens is 3. The standard InChI is InChI=1S/C8H12N4O7/c9-6-10-1-12(7(15)11-6)5-3(14)2(13)4(19-5)8(16,17)18/h1-5,13-14,16-18H,(H2,9,11,15)/t2-,3+,4-,5+/m0/s1. The van der Waals surface area contributed by atoms with E-state index in [0.717, 1.165) is 6.33 Å². The van der Waals surface area contributed by atoms with Gasteiger partial charge in [-0.05, 0) is 0 Å². The number of anilines is 1. The van der Waals surface area contributed by atoms with Crippen molar-refractivity contribution in [1.82, 2.24) is 14.5 Å². The molecular weight excluding hydrogens is 264 g/mol. The lowest BCUT2D eigenvalue weighted by atomic mass is 10.1. The predicted molar refractivity (Wildman–Crippen MR) is 56.0 cm³/mol. The maximum atomic E-state index is 11.5. The Morgan fingerprint density at radius 3 is 2.42 bits per heavy atom. The zero-order chi connectivity index (χ0) is 14.4. The van der Waals surface area contributed by atoms with E-state index in [1.807, 2.05) is 0 Å². The maximum Gasteiger partial charge on any atom is 0.354 e. The molecule has 1 aliphatic heterocycles. The number of aliphatic hydroxyl groups is 5. The molecule has 2 heterocycles. The molecule has 0 amide bonds. The minimum Gasteiger partial charge on any atom is -0.387 e. The molecule has 0 spiro atoms. The molecule has 1 saturated heterocycles. The summed E-state index contributed by atoms with van der Waals surface area (Å²) in [4.78, 5) is 18.3. The highest BCUT2D eigenvalue weighted by atomic mass is 16.7. The van der Waals surface area contributed by atoms with E-state index < -0.39 is 36.2 Å². The zero-order valence-corrected chi connectivity index (χ0v) is 9.36. The van der Waals surface area contributed by atoms with Gasteiger partial charge in [0.1, 0.15) is 18.5 Å². The highest BCUT2D eigenvalue weighted by molar-refractivity contribution is 5.10. The van der Waals surface area contributed by atoms with Gasteiger partial charge in [0, 0.05) is 0 Å². The normalized spacial score (nSPS) is 31.6. The van der Waals surface area contributed by atoms with Gasteiger partial charge in [-0.1, -0.05) is 0 Å². The Morgan fingerprint density at radius 1 is 1.32 bits per heavy atom. The lowest BCUT2D eigenvalue weighted by Gasteiger charge is -2.23. The van der Waals surface area contributed by atoms with Gasteiger partial charge in [-0.15, -0.1) is 0 Å². The smallest absolute Gasteiger partial charge is 0.354 e. The Kier molecular flexibility index (Phi) is 3.25. The molecular formula is C8H12N4O7. The van der Waals surface area contributed by atoms with E-state index in [0.29, 0.717) is 4.57 Å². The van der Waals surface area contributed by atoms with Crippen LogP contribution in [-0.2, 0) is 4.74 Å². The van der Waals surface area contributed by atoms with E-state index in [-0.39, 0.29) is 5.95 Å². The lowest BCUT2D eigenvalue weighted by Crippen LogP contribution is -2.49. The van der Waals surface area contributed by atoms with Gasteiger partial charge in [0.05, 0.1) is 0 Å². The highest BCUT2D eigenvalue weighted by Gasteiger charge is 2.53. The molecule has 4 atom stereocenters. The molecule has 0 radical (unpaired) electrons. The van der Waals surface area contributed by atoms with E-state index in [2.05, 4.69) is 9.97 Å². The summed E-state index contributed by atoms with van der Waals surface area (Å²) >= 11 is 0. The van der Waals surface area contributed by atoms with Gasteiger partial charge in [0.15, 0.2) is 12.3 Å². The van der Waals surface area contributed by atoms with Crippen LogP contribution in [-0.4, -0.2) is 64.4 Å². The van der Waals surface area contributed by atoms with Gasteiger partial charge in [-0.3, -0.25) is 4.57 Å². The number of aliphatic hydroxyl groups excluding tert-OH is 2. The second kappa shape index (κ2) is 4.48. The predicted octanol–water partition coefficient (Wildman–Crippen LogP) is -4.53. The maximum absolute atomic E-state index is 11.5. The monoisotopic (exact) mass is 276 g/mol. The molecule has 7 N–H and O–H groups in total. The minimum atomic E-state index is -3.38. The largest absolute Gasteiger partial charge is 0.387 e. The van der Waals surface area contributed by atoms with Crippen LogP contribution in [0.5, 0.6) is 0 Å². The molecule has 11 nitrogen and oxygen atoms in total. The number of ether oxygens (including phenoxy) is 1. The van der Waals surface area contributed by atoms with Crippen LogP contribution in [0, 0.1) is 0 Å². The summed E-state index contributed by atoms with van der Waals surface area (Å²) in [5.41, 5.74) is 4.25. The molecule has 0 bridgehead atoms. The quantitative estimate of drug-likeness (QED) is 0.287. The molecule has 106 valence electrons. The first-order valence-electron chi connectivity index (χ1n) is 5.11. The molecule has 0 aliphatic carbocycles. The van der Waals surface area contributed by atoms with Crippen molar-refractivity contribution in [3.8, 4) is 0 Å². The average Bonchev–Trinajstić information content (AvgIpc) is 2.56. The number of nitrogens with zero attached hydrogens (tertiary/aromatic N) is 3. The molecule has 1 fully saturated rings. The van der Waals surface area contributed by atoms with Crippen LogP contribution >= 0.6 is 0 Å². The van der Waals surface area contributed by atoms with Crippen molar-refractivity contribution in [2.75, 3.05) is 5.73 Å². The fraction of sp³-hybridized carbons (Fsp3) is 0.625. The van der Waals surface area contributed by atoms with Crippen LogP contribution in [0.4, 0.5) is 5.95 Å². The first-order valence-corrected chi connectivity index (χ1v) is 5.11. The topological polar surface area (TPSA) is 184 Å². The number of nitrogen functional groups attached to an aromatic ring is 1. The molecule has 1 aromatic heterocycles. The van der Waals surface area contributed by atoms with E-state index in [9.17, 15) is 15.0 Å². The van der Waals surface area contributed by atoms with Crippen LogP contribution in [0.1, 0.15) is 6.23 Å². The highest BCUT2D eigenvalue weighted by Crippen LogP contribution is 2.32. The molecule has 11 heteroatoms. The summed E-state index contributed by atoms with van der Waals surface area (Å²) in [6.07, 6.45) is -6.08. The van der Waals surface area contributed by atoms with Crippen LogP contribution in [0.2, 0.25) is 0 Å². The van der Waals surface area contributed by atoms with Gasteiger partial charge < -0.3 is 36.0 Å². The molecule has 19 heavy (non-hydrogen) atoms. The molecule has 0 unspecified atom stereocenters. The van der Waals surface area contributed by atoms with Gasteiger partial charge in [-0.25, -0.2) is 9.78 Å². The summed E-state index contributed by atoms with van der Waals surface area (Å²) in [7, 11) is 0. The Bertz CT molecular complexity index is 527. The van der Waals surface area contributed by atoms with Crippen molar-refractivity contribution >= 4 is 5.95 Å². The molecule has 0 saturated carbocycles. The second-order valence-electron chi connectivity index (χ2n) is 4.02. The van der Waals surface area contributed by atoms with Crippen LogP contribution in [0.3, 0.4) is 0 Å².